The summed E-state index contributed by atoms with van der Waals surface area (Å²) < 4.78 is 11.0. The summed E-state index contributed by atoms with van der Waals surface area (Å²) in [6.45, 7) is 6.17. The van der Waals surface area contributed by atoms with Gasteiger partial charge in [-0.05, 0) is 44.4 Å². The summed E-state index contributed by atoms with van der Waals surface area (Å²) >= 11 is 0. The summed E-state index contributed by atoms with van der Waals surface area (Å²) in [5, 5.41) is 6.92. The molecule has 0 atom stereocenters. The van der Waals surface area contributed by atoms with Gasteiger partial charge in [-0.2, -0.15) is 0 Å². The Balaban J connectivity index is 2.02. The van der Waals surface area contributed by atoms with Crippen LogP contribution in [0.2, 0.25) is 0 Å². The van der Waals surface area contributed by atoms with Gasteiger partial charge in [0.1, 0.15) is 0 Å². The van der Waals surface area contributed by atoms with E-state index in [2.05, 4.69) is 17.6 Å². The largest absolute Gasteiger partial charge is 0.493 e. The molecule has 0 bridgehead atoms. The lowest BCUT2D eigenvalue weighted by Crippen LogP contribution is -2.44. The van der Waals surface area contributed by atoms with Crippen LogP contribution in [-0.2, 0) is 6.54 Å². The maximum absolute atomic E-state index is 5.64. The van der Waals surface area contributed by atoms with Gasteiger partial charge in [-0.1, -0.05) is 25.3 Å². The highest BCUT2D eigenvalue weighted by atomic mass is 16.5. The van der Waals surface area contributed by atoms with E-state index >= 15 is 0 Å². The number of nitrogens with zero attached hydrogens (tertiary/aromatic N) is 1. The summed E-state index contributed by atoms with van der Waals surface area (Å²) in [4.78, 5) is 4.73. The first-order valence-corrected chi connectivity index (χ1v) is 9.11. The Morgan fingerprint density at radius 3 is 2.62 bits per heavy atom. The molecule has 1 aromatic carbocycles. The zero-order chi connectivity index (χ0) is 17.2. The normalized spacial score (nSPS) is 15.9. The van der Waals surface area contributed by atoms with Crippen LogP contribution in [0, 0.1) is 0 Å². The van der Waals surface area contributed by atoms with Crippen molar-refractivity contribution in [3.05, 3.63) is 23.8 Å². The molecule has 0 saturated heterocycles. The average Bonchev–Trinajstić information content (AvgIpc) is 2.61. The van der Waals surface area contributed by atoms with Crippen molar-refractivity contribution in [2.75, 3.05) is 20.3 Å². The molecule has 5 heteroatoms. The Morgan fingerprint density at radius 2 is 1.96 bits per heavy atom. The number of benzene rings is 1. The molecule has 5 nitrogen and oxygen atoms in total. The first kappa shape index (κ1) is 18.4. The van der Waals surface area contributed by atoms with Crippen LogP contribution in [0.5, 0.6) is 11.5 Å². The zero-order valence-electron chi connectivity index (χ0n) is 15.2. The molecule has 1 aliphatic rings. The van der Waals surface area contributed by atoms with E-state index in [0.717, 1.165) is 29.6 Å². The van der Waals surface area contributed by atoms with E-state index in [1.165, 1.54) is 32.1 Å². The van der Waals surface area contributed by atoms with Crippen molar-refractivity contribution < 1.29 is 9.47 Å². The number of methoxy groups -OCH3 is 1. The van der Waals surface area contributed by atoms with E-state index in [0.29, 0.717) is 19.2 Å². The Morgan fingerprint density at radius 1 is 1.17 bits per heavy atom. The van der Waals surface area contributed by atoms with Crippen molar-refractivity contribution in [2.45, 2.75) is 58.5 Å². The van der Waals surface area contributed by atoms with Crippen molar-refractivity contribution in [2.24, 2.45) is 4.99 Å². The van der Waals surface area contributed by atoms with E-state index in [-0.39, 0.29) is 0 Å². The Kier molecular flexibility index (Phi) is 7.72. The molecule has 134 valence electrons. The molecule has 0 aromatic heterocycles. The van der Waals surface area contributed by atoms with Crippen LogP contribution in [0.3, 0.4) is 0 Å². The van der Waals surface area contributed by atoms with E-state index in [1.54, 1.807) is 7.11 Å². The second kappa shape index (κ2) is 10.1. The van der Waals surface area contributed by atoms with Gasteiger partial charge < -0.3 is 20.1 Å². The Hall–Kier alpha value is -1.91. The summed E-state index contributed by atoms with van der Waals surface area (Å²) in [5.74, 6) is 2.44. The number of ether oxygens (including phenoxy) is 2. The molecular weight excluding hydrogens is 302 g/mol. The van der Waals surface area contributed by atoms with Crippen LogP contribution in [0.15, 0.2) is 23.2 Å². The predicted molar refractivity (Wildman–Crippen MR) is 99.0 cm³/mol. The third-order valence-corrected chi connectivity index (χ3v) is 4.24. The van der Waals surface area contributed by atoms with Gasteiger partial charge in [-0.3, -0.25) is 0 Å². The monoisotopic (exact) mass is 333 g/mol. The van der Waals surface area contributed by atoms with Crippen LogP contribution >= 0.6 is 0 Å². The third-order valence-electron chi connectivity index (χ3n) is 4.24. The Bertz CT molecular complexity index is 525. The second-order valence-corrected chi connectivity index (χ2v) is 6.09. The minimum Gasteiger partial charge on any atom is -0.493 e. The number of rotatable bonds is 7. The highest BCUT2D eigenvalue weighted by Crippen LogP contribution is 2.28. The molecule has 0 radical (unpaired) electrons. The molecule has 2 rings (SSSR count). The summed E-state index contributed by atoms with van der Waals surface area (Å²) in [5.41, 5.74) is 1.11. The van der Waals surface area contributed by atoms with Gasteiger partial charge in [-0.15, -0.1) is 0 Å². The van der Waals surface area contributed by atoms with Crippen molar-refractivity contribution in [1.82, 2.24) is 10.6 Å². The van der Waals surface area contributed by atoms with Crippen LogP contribution in [-0.4, -0.2) is 32.3 Å². The molecule has 0 unspecified atom stereocenters. The maximum Gasteiger partial charge on any atom is 0.191 e. The lowest BCUT2D eigenvalue weighted by Gasteiger charge is -2.24. The number of guanidine groups is 1. The van der Waals surface area contributed by atoms with E-state index in [9.17, 15) is 0 Å². The highest BCUT2D eigenvalue weighted by Gasteiger charge is 2.14. The Labute approximate surface area is 145 Å². The summed E-state index contributed by atoms with van der Waals surface area (Å²) in [6, 6.07) is 6.54. The van der Waals surface area contributed by atoms with E-state index in [1.807, 2.05) is 25.1 Å². The molecular formula is C19H31N3O2. The lowest BCUT2D eigenvalue weighted by molar-refractivity contribution is 0.310. The molecule has 0 heterocycles. The third kappa shape index (κ3) is 5.62. The molecule has 1 aliphatic carbocycles. The van der Waals surface area contributed by atoms with Gasteiger partial charge >= 0.3 is 0 Å². The molecule has 0 aliphatic heterocycles. The number of nitrogens with one attached hydrogen (secondary N) is 2. The number of hydrogen-bond acceptors (Lipinski definition) is 3. The lowest BCUT2D eigenvalue weighted by atomic mass is 9.96. The van der Waals surface area contributed by atoms with Crippen molar-refractivity contribution in [3.8, 4) is 11.5 Å². The topological polar surface area (TPSA) is 54.9 Å². The minimum absolute atomic E-state index is 0.548. The predicted octanol–water partition coefficient (Wildman–Crippen LogP) is 3.48. The van der Waals surface area contributed by atoms with Crippen LogP contribution in [0.25, 0.3) is 0 Å². The quantitative estimate of drug-likeness (QED) is 0.592. The fraction of sp³-hybridized carbons (Fsp3) is 0.632. The van der Waals surface area contributed by atoms with Gasteiger partial charge in [0, 0.05) is 12.6 Å². The van der Waals surface area contributed by atoms with E-state index < -0.39 is 0 Å². The SMILES string of the molecule is CCNC(=NCc1ccc(OC)c(OCC)c1)NC1CCCCC1. The molecule has 2 N–H and O–H groups in total. The van der Waals surface area contributed by atoms with Crippen LogP contribution in [0.1, 0.15) is 51.5 Å². The average molecular weight is 333 g/mol. The van der Waals surface area contributed by atoms with Gasteiger partial charge in [0.05, 0.1) is 20.3 Å². The minimum atomic E-state index is 0.548. The van der Waals surface area contributed by atoms with Gasteiger partial charge in [0.15, 0.2) is 17.5 Å². The van der Waals surface area contributed by atoms with Crippen molar-refractivity contribution in [3.63, 3.8) is 0 Å². The van der Waals surface area contributed by atoms with Gasteiger partial charge in [-0.25, -0.2) is 4.99 Å². The van der Waals surface area contributed by atoms with E-state index in [4.69, 9.17) is 14.5 Å². The van der Waals surface area contributed by atoms with Crippen LogP contribution in [0.4, 0.5) is 0 Å². The molecule has 0 amide bonds. The zero-order valence-corrected chi connectivity index (χ0v) is 15.2. The first-order valence-electron chi connectivity index (χ1n) is 9.11. The summed E-state index contributed by atoms with van der Waals surface area (Å²) in [7, 11) is 1.66. The maximum atomic E-state index is 5.64. The van der Waals surface area contributed by atoms with Crippen LogP contribution < -0.4 is 20.1 Å². The van der Waals surface area contributed by atoms with Gasteiger partial charge in [0.25, 0.3) is 0 Å². The standard InChI is InChI=1S/C19H31N3O2/c1-4-20-19(22-16-9-7-6-8-10-16)21-14-15-11-12-17(23-3)18(13-15)24-5-2/h11-13,16H,4-10,14H2,1-3H3,(H2,20,21,22). The first-order chi connectivity index (χ1) is 11.8. The number of aliphatic imine (C=N–C) groups is 1. The molecule has 1 aromatic rings. The van der Waals surface area contributed by atoms with Crippen molar-refractivity contribution in [1.29, 1.82) is 0 Å². The van der Waals surface area contributed by atoms with Crippen molar-refractivity contribution >= 4 is 5.96 Å². The molecule has 0 spiro atoms. The highest BCUT2D eigenvalue weighted by molar-refractivity contribution is 5.80. The number of hydrogen-bond donors (Lipinski definition) is 2. The summed E-state index contributed by atoms with van der Waals surface area (Å²) in [6.07, 6.45) is 6.46. The molecule has 24 heavy (non-hydrogen) atoms. The van der Waals surface area contributed by atoms with Gasteiger partial charge in [0.2, 0.25) is 0 Å². The smallest absolute Gasteiger partial charge is 0.191 e. The fourth-order valence-corrected chi connectivity index (χ4v) is 3.02. The second-order valence-electron chi connectivity index (χ2n) is 6.09. The molecule has 1 saturated carbocycles. The fourth-order valence-electron chi connectivity index (χ4n) is 3.02. The molecule has 1 fully saturated rings.